The van der Waals surface area contributed by atoms with Gasteiger partial charge in [0, 0.05) is 38.1 Å². The number of aryl methyl sites for hydroxylation is 1. The van der Waals surface area contributed by atoms with Crippen molar-refractivity contribution in [3.63, 3.8) is 0 Å². The number of anilines is 1. The Morgan fingerprint density at radius 3 is 2.86 bits per heavy atom. The fourth-order valence-electron chi connectivity index (χ4n) is 4.28. The van der Waals surface area contributed by atoms with Crippen LogP contribution in [-0.2, 0) is 16.5 Å². The highest BCUT2D eigenvalue weighted by Gasteiger charge is 2.38. The highest BCUT2D eigenvalue weighted by atomic mass is 16.6. The monoisotopic (exact) mass is 396 g/mol. The number of carbonyl (C=O) groups excluding carboxylic acids is 1. The third kappa shape index (κ3) is 4.19. The van der Waals surface area contributed by atoms with Crippen molar-refractivity contribution >= 4 is 17.4 Å². The second-order valence-electron chi connectivity index (χ2n) is 7.59. The normalized spacial score (nSPS) is 20.6. The van der Waals surface area contributed by atoms with Crippen LogP contribution in [0.5, 0.6) is 0 Å². The third-order valence-corrected chi connectivity index (χ3v) is 5.60. The maximum Gasteiger partial charge on any atom is 0.338 e. The largest absolute Gasteiger partial charge is 0.460 e. The van der Waals surface area contributed by atoms with Gasteiger partial charge >= 0.3 is 5.97 Å². The summed E-state index contributed by atoms with van der Waals surface area (Å²) in [6, 6.07) is 6.31. The highest BCUT2D eigenvalue weighted by Crippen LogP contribution is 2.40. The minimum Gasteiger partial charge on any atom is -0.460 e. The van der Waals surface area contributed by atoms with E-state index >= 15 is 0 Å². The lowest BCUT2D eigenvalue weighted by Gasteiger charge is -2.35. The average molecular weight is 396 g/mol. The van der Waals surface area contributed by atoms with Crippen LogP contribution < -0.4 is 4.90 Å². The number of carbonyl (C=O) groups is 1. The molecule has 4 rings (SSSR count). The third-order valence-electron chi connectivity index (χ3n) is 5.60. The molecule has 1 fully saturated rings. The molecule has 0 saturated carbocycles. The first-order valence-corrected chi connectivity index (χ1v) is 10.4. The molecule has 4 heterocycles. The van der Waals surface area contributed by atoms with Gasteiger partial charge in [0.25, 0.3) is 0 Å². The van der Waals surface area contributed by atoms with Gasteiger partial charge in [0.05, 0.1) is 17.9 Å². The van der Waals surface area contributed by atoms with Crippen molar-refractivity contribution in [2.45, 2.75) is 44.7 Å². The van der Waals surface area contributed by atoms with Gasteiger partial charge in [-0.25, -0.2) is 9.78 Å². The van der Waals surface area contributed by atoms with Gasteiger partial charge in [-0.3, -0.25) is 4.68 Å². The number of aromatic nitrogens is 3. The molecule has 0 radical (unpaired) electrons. The topological polar surface area (TPSA) is 69.5 Å². The molecule has 7 nitrogen and oxygen atoms in total. The van der Waals surface area contributed by atoms with Gasteiger partial charge in [0.2, 0.25) is 0 Å². The lowest BCUT2D eigenvalue weighted by Crippen LogP contribution is -2.39. The number of pyridine rings is 1. The summed E-state index contributed by atoms with van der Waals surface area (Å²) < 4.78 is 12.6. The molecule has 2 aromatic heterocycles. The maximum absolute atomic E-state index is 12.4. The van der Waals surface area contributed by atoms with Crippen LogP contribution >= 0.6 is 0 Å². The van der Waals surface area contributed by atoms with Crippen LogP contribution in [0.4, 0.5) is 5.82 Å². The maximum atomic E-state index is 12.4. The summed E-state index contributed by atoms with van der Waals surface area (Å²) in [6.45, 7) is 3.42. The Hall–Kier alpha value is -2.67. The molecule has 2 aromatic rings. The van der Waals surface area contributed by atoms with E-state index in [0.717, 1.165) is 31.5 Å². The van der Waals surface area contributed by atoms with Crippen molar-refractivity contribution in [3.05, 3.63) is 47.9 Å². The zero-order valence-corrected chi connectivity index (χ0v) is 17.1. The van der Waals surface area contributed by atoms with Crippen molar-refractivity contribution in [1.29, 1.82) is 0 Å². The molecule has 0 aromatic carbocycles. The average Bonchev–Trinajstić information content (AvgIpc) is 3.28. The fourth-order valence-corrected chi connectivity index (χ4v) is 4.28. The Morgan fingerprint density at radius 2 is 2.10 bits per heavy atom. The second kappa shape index (κ2) is 8.78. The van der Waals surface area contributed by atoms with Crippen LogP contribution in [-0.4, -0.2) is 52.6 Å². The van der Waals surface area contributed by atoms with E-state index in [-0.39, 0.29) is 12.6 Å². The standard InChI is InChI=1S/C22H28N4O3/c1-3-10-28-11-12-29-22(27)16-6-8-23-21(15-16)26-18-4-5-19(26)14-17(13-18)20-7-9-24-25(20)2/h6-9,13,15,18-19H,3-5,10-12,14H2,1-2H3. The predicted octanol–water partition coefficient (Wildman–Crippen LogP) is 3.22. The summed E-state index contributed by atoms with van der Waals surface area (Å²) in [5, 5.41) is 4.30. The van der Waals surface area contributed by atoms with Crippen LogP contribution in [0.3, 0.4) is 0 Å². The summed E-state index contributed by atoms with van der Waals surface area (Å²) in [5.74, 6) is 0.513. The van der Waals surface area contributed by atoms with E-state index in [4.69, 9.17) is 9.47 Å². The van der Waals surface area contributed by atoms with Crippen LogP contribution in [0.25, 0.3) is 5.57 Å². The van der Waals surface area contributed by atoms with Gasteiger partial charge in [-0.05, 0) is 49.5 Å². The number of ether oxygens (including phenoxy) is 2. The van der Waals surface area contributed by atoms with E-state index in [9.17, 15) is 4.79 Å². The first-order chi connectivity index (χ1) is 14.2. The summed E-state index contributed by atoms with van der Waals surface area (Å²) >= 11 is 0. The highest BCUT2D eigenvalue weighted by molar-refractivity contribution is 5.90. The molecule has 154 valence electrons. The van der Waals surface area contributed by atoms with E-state index in [2.05, 4.69) is 27.1 Å². The van der Waals surface area contributed by atoms with E-state index in [1.165, 1.54) is 11.3 Å². The smallest absolute Gasteiger partial charge is 0.338 e. The number of rotatable bonds is 8. The molecular formula is C22H28N4O3. The lowest BCUT2D eigenvalue weighted by molar-refractivity contribution is 0.0318. The van der Waals surface area contributed by atoms with Crippen LogP contribution in [0, 0.1) is 0 Å². The first-order valence-electron chi connectivity index (χ1n) is 10.4. The van der Waals surface area contributed by atoms with Gasteiger partial charge in [0.15, 0.2) is 0 Å². The van der Waals surface area contributed by atoms with E-state index in [1.807, 2.05) is 30.9 Å². The molecule has 2 atom stereocenters. The van der Waals surface area contributed by atoms with Gasteiger partial charge in [0.1, 0.15) is 12.4 Å². The second-order valence-corrected chi connectivity index (χ2v) is 7.59. The molecule has 7 heteroatoms. The van der Waals surface area contributed by atoms with E-state index < -0.39 is 0 Å². The minimum absolute atomic E-state index is 0.266. The van der Waals surface area contributed by atoms with Crippen LogP contribution in [0.1, 0.15) is 48.7 Å². The zero-order valence-electron chi connectivity index (χ0n) is 17.1. The molecule has 2 bridgehead atoms. The predicted molar refractivity (Wildman–Crippen MR) is 111 cm³/mol. The zero-order chi connectivity index (χ0) is 20.2. The molecule has 2 unspecified atom stereocenters. The number of hydrogen-bond donors (Lipinski definition) is 0. The van der Waals surface area contributed by atoms with Gasteiger partial charge in [-0.1, -0.05) is 13.0 Å². The SMILES string of the molecule is CCCOCCOC(=O)c1ccnc(N2C3C=C(c4ccnn4C)CC2CC3)c1. The van der Waals surface area contributed by atoms with Crippen molar-refractivity contribution in [2.24, 2.45) is 7.05 Å². The first kappa shape index (κ1) is 19.6. The molecular weight excluding hydrogens is 368 g/mol. The van der Waals surface area contributed by atoms with Crippen molar-refractivity contribution in [2.75, 3.05) is 24.7 Å². The molecule has 2 aliphatic heterocycles. The Labute approximate surface area is 171 Å². The van der Waals surface area contributed by atoms with Gasteiger partial charge < -0.3 is 14.4 Å². The minimum atomic E-state index is -0.329. The molecule has 0 aliphatic carbocycles. The Balaban J connectivity index is 1.46. The van der Waals surface area contributed by atoms with Crippen molar-refractivity contribution in [3.8, 4) is 0 Å². The summed E-state index contributed by atoms with van der Waals surface area (Å²) in [5.41, 5.74) is 3.06. The van der Waals surface area contributed by atoms with E-state index in [0.29, 0.717) is 30.9 Å². The lowest BCUT2D eigenvalue weighted by atomic mass is 9.98. The summed E-state index contributed by atoms with van der Waals surface area (Å²) in [6.07, 6.45) is 9.99. The Bertz CT molecular complexity index is 892. The number of esters is 1. The Morgan fingerprint density at radius 1 is 1.21 bits per heavy atom. The number of fused-ring (bicyclic) bond motifs is 2. The molecule has 0 spiro atoms. The molecule has 2 aliphatic rings. The molecule has 0 N–H and O–H groups in total. The number of hydrogen-bond acceptors (Lipinski definition) is 6. The van der Waals surface area contributed by atoms with Crippen molar-refractivity contribution in [1.82, 2.24) is 14.8 Å². The molecule has 1 saturated heterocycles. The van der Waals surface area contributed by atoms with Crippen molar-refractivity contribution < 1.29 is 14.3 Å². The Kier molecular flexibility index (Phi) is 5.94. The van der Waals surface area contributed by atoms with Gasteiger partial charge in [-0.2, -0.15) is 5.10 Å². The molecule has 0 amide bonds. The summed E-state index contributed by atoms with van der Waals surface area (Å²) in [4.78, 5) is 19.3. The molecule has 29 heavy (non-hydrogen) atoms. The quantitative estimate of drug-likeness (QED) is 0.504. The van der Waals surface area contributed by atoms with Crippen LogP contribution in [0.2, 0.25) is 0 Å². The number of nitrogens with zero attached hydrogens (tertiary/aromatic N) is 4. The van der Waals surface area contributed by atoms with E-state index in [1.54, 1.807) is 12.3 Å². The summed E-state index contributed by atoms with van der Waals surface area (Å²) in [7, 11) is 1.98. The van der Waals surface area contributed by atoms with Gasteiger partial charge in [-0.15, -0.1) is 0 Å². The fraction of sp³-hybridized carbons (Fsp3) is 0.500. The van der Waals surface area contributed by atoms with Crippen LogP contribution in [0.15, 0.2) is 36.7 Å².